The highest BCUT2D eigenvalue weighted by atomic mass is 16.6. The van der Waals surface area contributed by atoms with Gasteiger partial charge in [0.05, 0.1) is 65.4 Å². The minimum absolute atomic E-state index is 0.0116. The molecule has 0 radical (unpaired) electrons. The second-order valence-electron chi connectivity index (χ2n) is 6.15. The quantitative estimate of drug-likeness (QED) is 0.408. The Labute approximate surface area is 169 Å². The van der Waals surface area contributed by atoms with Crippen molar-refractivity contribution >= 4 is 5.97 Å². The summed E-state index contributed by atoms with van der Waals surface area (Å²) in [7, 11) is 3.30. The van der Waals surface area contributed by atoms with Gasteiger partial charge in [0, 0.05) is 26.9 Å². The van der Waals surface area contributed by atoms with Gasteiger partial charge in [-0.15, -0.1) is 0 Å². The summed E-state index contributed by atoms with van der Waals surface area (Å²) in [5.41, 5.74) is 0. The van der Waals surface area contributed by atoms with Gasteiger partial charge in [0.25, 0.3) is 0 Å². The van der Waals surface area contributed by atoms with Crippen LogP contribution in [0.2, 0.25) is 0 Å². The maximum Gasteiger partial charge on any atom is 0.305 e. The summed E-state index contributed by atoms with van der Waals surface area (Å²) in [5.74, 6) is -0.762. The summed E-state index contributed by atoms with van der Waals surface area (Å²) in [6.07, 6.45) is 1.91. The Morgan fingerprint density at radius 1 is 0.929 bits per heavy atom. The number of carbonyl (C=O) groups is 1. The lowest BCUT2D eigenvalue weighted by Gasteiger charge is -2.06. The fraction of sp³-hybridized carbons (Fsp3) is 0.947. The number of hydrogen-bond donors (Lipinski definition) is 2. The predicted octanol–water partition coefficient (Wildman–Crippen LogP) is 1.36. The van der Waals surface area contributed by atoms with Gasteiger partial charge < -0.3 is 38.6 Å². The van der Waals surface area contributed by atoms with E-state index in [-0.39, 0.29) is 18.6 Å². The largest absolute Gasteiger partial charge is 0.481 e. The number of aliphatic hydroxyl groups excluding tert-OH is 1. The van der Waals surface area contributed by atoms with E-state index in [4.69, 9.17) is 38.6 Å². The number of carboxylic acids is 1. The number of aliphatic carboxylic acids is 1. The van der Waals surface area contributed by atoms with E-state index in [1.165, 1.54) is 0 Å². The zero-order chi connectivity index (χ0) is 21.5. The highest BCUT2D eigenvalue weighted by molar-refractivity contribution is 5.67. The smallest absolute Gasteiger partial charge is 0.305 e. The topological polar surface area (TPSA) is 113 Å². The van der Waals surface area contributed by atoms with Crippen LogP contribution >= 0.6 is 0 Å². The highest BCUT2D eigenvalue weighted by Crippen LogP contribution is 2.14. The molecule has 9 heteroatoms. The molecule has 0 spiro atoms. The lowest BCUT2D eigenvalue weighted by molar-refractivity contribution is -0.139. The minimum Gasteiger partial charge on any atom is -0.481 e. The number of carboxylic acid groups (broad SMARTS) is 1. The van der Waals surface area contributed by atoms with Crippen LogP contribution in [0.3, 0.4) is 0 Å². The van der Waals surface area contributed by atoms with Crippen molar-refractivity contribution in [2.24, 2.45) is 0 Å². The Kier molecular flexibility index (Phi) is 25.4. The molecule has 1 heterocycles. The van der Waals surface area contributed by atoms with E-state index in [0.717, 1.165) is 19.4 Å². The monoisotopic (exact) mass is 412 g/mol. The van der Waals surface area contributed by atoms with Crippen molar-refractivity contribution in [3.63, 3.8) is 0 Å². The summed E-state index contributed by atoms with van der Waals surface area (Å²) in [6.45, 7) is 9.05. The first-order chi connectivity index (χ1) is 13.4. The van der Waals surface area contributed by atoms with Crippen LogP contribution in [-0.4, -0.2) is 102 Å². The molecule has 170 valence electrons. The lowest BCUT2D eigenvalue weighted by atomic mass is 10.2. The fourth-order valence-electron chi connectivity index (χ4n) is 1.83. The predicted molar refractivity (Wildman–Crippen MR) is 105 cm³/mol. The normalized spacial score (nSPS) is 15.6. The molecule has 1 unspecified atom stereocenters. The van der Waals surface area contributed by atoms with Gasteiger partial charge in [0.15, 0.2) is 0 Å². The molecule has 1 aliphatic heterocycles. The fourth-order valence-corrected chi connectivity index (χ4v) is 1.83. The molecule has 1 aliphatic rings. The highest BCUT2D eigenvalue weighted by Gasteiger charge is 2.17. The van der Waals surface area contributed by atoms with Crippen LogP contribution in [0, 0.1) is 0 Å². The Balaban J connectivity index is 0. The minimum atomic E-state index is -0.762. The first kappa shape index (κ1) is 29.4. The van der Waals surface area contributed by atoms with Gasteiger partial charge in [0.1, 0.15) is 0 Å². The summed E-state index contributed by atoms with van der Waals surface area (Å²) in [6, 6.07) is 0. The number of rotatable bonds is 14. The van der Waals surface area contributed by atoms with Gasteiger partial charge in [-0.1, -0.05) is 0 Å². The van der Waals surface area contributed by atoms with Gasteiger partial charge >= 0.3 is 5.97 Å². The molecule has 0 bridgehead atoms. The van der Waals surface area contributed by atoms with Crippen LogP contribution in [0.25, 0.3) is 0 Å². The molecule has 1 fully saturated rings. The maximum absolute atomic E-state index is 10.1. The Morgan fingerprint density at radius 2 is 1.32 bits per heavy atom. The van der Waals surface area contributed by atoms with E-state index in [1.807, 2.05) is 0 Å². The standard InChI is InChI=1S/C10H22O5.C6H10O3.C3H8O/c1-11-3-5-13-7-9-15-10-8-14-6-4-12-2;7-6(8)4-5-2-1-3-9-5;1-3(2)4/h3-10H2,1-2H3;5H,1-4H2,(H,7,8);3-4H,1-2H3. The van der Waals surface area contributed by atoms with Crippen LogP contribution in [0.5, 0.6) is 0 Å². The molecule has 1 rings (SSSR count). The van der Waals surface area contributed by atoms with Gasteiger partial charge in [-0.05, 0) is 26.7 Å². The first-order valence-electron chi connectivity index (χ1n) is 9.66. The molecular weight excluding hydrogens is 372 g/mol. The SMILES string of the molecule is CC(C)O.COCCOCCOCCOCCOC.O=C(O)CC1CCCO1. The van der Waals surface area contributed by atoms with Crippen LogP contribution in [0.4, 0.5) is 0 Å². The molecule has 0 aromatic rings. The van der Waals surface area contributed by atoms with Gasteiger partial charge in [-0.2, -0.15) is 0 Å². The molecule has 9 nitrogen and oxygen atoms in total. The molecule has 0 aromatic carbocycles. The molecule has 1 atom stereocenters. The third-order valence-electron chi connectivity index (χ3n) is 3.03. The molecule has 0 aromatic heterocycles. The number of aliphatic hydroxyl groups is 1. The van der Waals surface area contributed by atoms with E-state index in [1.54, 1.807) is 28.1 Å². The third kappa shape index (κ3) is 29.9. The summed E-state index contributed by atoms with van der Waals surface area (Å²) in [5, 5.41) is 16.3. The Morgan fingerprint density at radius 3 is 1.61 bits per heavy atom. The van der Waals surface area contributed by atoms with E-state index in [2.05, 4.69) is 0 Å². The van der Waals surface area contributed by atoms with Crippen LogP contribution in [-0.2, 0) is 33.2 Å². The molecule has 1 saturated heterocycles. The number of hydrogen-bond acceptors (Lipinski definition) is 8. The van der Waals surface area contributed by atoms with Gasteiger partial charge in [0.2, 0.25) is 0 Å². The number of ether oxygens (including phenoxy) is 6. The van der Waals surface area contributed by atoms with Crippen molar-refractivity contribution in [3.05, 3.63) is 0 Å². The second-order valence-corrected chi connectivity index (χ2v) is 6.15. The van der Waals surface area contributed by atoms with Crippen molar-refractivity contribution in [1.29, 1.82) is 0 Å². The second kappa shape index (κ2) is 24.2. The summed E-state index contributed by atoms with van der Waals surface area (Å²) >= 11 is 0. The lowest BCUT2D eigenvalue weighted by Crippen LogP contribution is -2.12. The average molecular weight is 413 g/mol. The van der Waals surface area contributed by atoms with E-state index >= 15 is 0 Å². The zero-order valence-electron chi connectivity index (χ0n) is 17.9. The van der Waals surface area contributed by atoms with Crippen molar-refractivity contribution in [1.82, 2.24) is 0 Å². The van der Waals surface area contributed by atoms with Crippen LogP contribution in [0.15, 0.2) is 0 Å². The van der Waals surface area contributed by atoms with Crippen molar-refractivity contribution in [3.8, 4) is 0 Å². The maximum atomic E-state index is 10.1. The van der Waals surface area contributed by atoms with Crippen molar-refractivity contribution in [2.45, 2.75) is 45.3 Å². The van der Waals surface area contributed by atoms with Crippen LogP contribution < -0.4 is 0 Å². The zero-order valence-corrected chi connectivity index (χ0v) is 17.9. The molecule has 0 saturated carbocycles. The van der Waals surface area contributed by atoms with E-state index in [9.17, 15) is 4.79 Å². The molecule has 2 N–H and O–H groups in total. The van der Waals surface area contributed by atoms with E-state index < -0.39 is 5.97 Å². The third-order valence-corrected chi connectivity index (χ3v) is 3.03. The summed E-state index contributed by atoms with van der Waals surface area (Å²) in [4.78, 5) is 10.1. The van der Waals surface area contributed by atoms with Crippen molar-refractivity contribution in [2.75, 3.05) is 73.7 Å². The molecule has 0 amide bonds. The summed E-state index contributed by atoms with van der Waals surface area (Å²) < 4.78 is 30.4. The molecule has 0 aliphatic carbocycles. The Hall–Kier alpha value is -0.810. The van der Waals surface area contributed by atoms with Crippen molar-refractivity contribution < 1.29 is 43.4 Å². The first-order valence-corrected chi connectivity index (χ1v) is 9.66. The van der Waals surface area contributed by atoms with Gasteiger partial charge in [-0.25, -0.2) is 0 Å². The molecular formula is C19H40O9. The van der Waals surface area contributed by atoms with E-state index in [0.29, 0.717) is 52.9 Å². The number of methoxy groups -OCH3 is 2. The van der Waals surface area contributed by atoms with Crippen LogP contribution in [0.1, 0.15) is 33.1 Å². The average Bonchev–Trinajstić information content (AvgIpc) is 3.12. The van der Waals surface area contributed by atoms with Gasteiger partial charge in [-0.3, -0.25) is 4.79 Å². The molecule has 28 heavy (non-hydrogen) atoms. The Bertz CT molecular complexity index is 293.